The van der Waals surface area contributed by atoms with Crippen LogP contribution in [0, 0.1) is 0 Å². The van der Waals surface area contributed by atoms with E-state index < -0.39 is 24.0 Å². The Morgan fingerprint density at radius 3 is 2.43 bits per heavy atom. The van der Waals surface area contributed by atoms with Gasteiger partial charge in [-0.05, 0) is 6.42 Å². The highest BCUT2D eigenvalue weighted by Gasteiger charge is 2.20. The highest BCUT2D eigenvalue weighted by atomic mass is 16.5. The molecule has 0 aromatic heterocycles. The van der Waals surface area contributed by atoms with Crippen molar-refractivity contribution in [3.8, 4) is 0 Å². The number of carbonyl (C=O) groups is 3. The first kappa shape index (κ1) is 17.2. The van der Waals surface area contributed by atoms with E-state index in [9.17, 15) is 14.4 Å². The SMILES string of the molecule is O=C(O)CCC(NC(=O)NCCN1CCOCC1)C(=O)O. The largest absolute Gasteiger partial charge is 0.481 e. The van der Waals surface area contributed by atoms with Crippen molar-refractivity contribution in [1.29, 1.82) is 0 Å². The molecule has 0 aromatic rings. The molecule has 1 heterocycles. The molecule has 1 aliphatic heterocycles. The van der Waals surface area contributed by atoms with E-state index in [0.717, 1.165) is 13.1 Å². The van der Waals surface area contributed by atoms with Gasteiger partial charge in [0, 0.05) is 32.6 Å². The summed E-state index contributed by atoms with van der Waals surface area (Å²) in [5, 5.41) is 22.2. The van der Waals surface area contributed by atoms with Gasteiger partial charge < -0.3 is 25.6 Å². The van der Waals surface area contributed by atoms with Crippen LogP contribution in [0.5, 0.6) is 0 Å². The van der Waals surface area contributed by atoms with Crippen molar-refractivity contribution >= 4 is 18.0 Å². The number of amides is 2. The zero-order chi connectivity index (χ0) is 15.7. The summed E-state index contributed by atoms with van der Waals surface area (Å²) in [7, 11) is 0. The van der Waals surface area contributed by atoms with Crippen LogP contribution in [-0.2, 0) is 14.3 Å². The normalized spacial score (nSPS) is 17.0. The third-order valence-electron chi connectivity index (χ3n) is 3.07. The summed E-state index contributed by atoms with van der Waals surface area (Å²) >= 11 is 0. The number of hydrogen-bond acceptors (Lipinski definition) is 5. The second kappa shape index (κ2) is 9.14. The number of rotatable bonds is 8. The maximum Gasteiger partial charge on any atom is 0.326 e. The Morgan fingerprint density at radius 1 is 1.19 bits per heavy atom. The van der Waals surface area contributed by atoms with Crippen LogP contribution in [0.15, 0.2) is 0 Å². The average molecular weight is 303 g/mol. The van der Waals surface area contributed by atoms with Crippen LogP contribution in [0.1, 0.15) is 12.8 Å². The number of ether oxygens (including phenoxy) is 1. The van der Waals surface area contributed by atoms with E-state index in [0.29, 0.717) is 26.3 Å². The molecule has 9 heteroatoms. The molecule has 0 bridgehead atoms. The van der Waals surface area contributed by atoms with E-state index in [-0.39, 0.29) is 12.8 Å². The Balaban J connectivity index is 2.22. The monoisotopic (exact) mass is 303 g/mol. The van der Waals surface area contributed by atoms with Gasteiger partial charge in [0.15, 0.2) is 0 Å². The fourth-order valence-corrected chi connectivity index (χ4v) is 1.89. The molecule has 21 heavy (non-hydrogen) atoms. The molecule has 9 nitrogen and oxygen atoms in total. The van der Waals surface area contributed by atoms with Gasteiger partial charge >= 0.3 is 18.0 Å². The number of carboxylic acids is 2. The quantitative estimate of drug-likeness (QED) is 0.450. The minimum absolute atomic E-state index is 0.151. The van der Waals surface area contributed by atoms with Crippen LogP contribution in [0.3, 0.4) is 0 Å². The van der Waals surface area contributed by atoms with Gasteiger partial charge in [-0.15, -0.1) is 0 Å². The molecule has 0 radical (unpaired) electrons. The van der Waals surface area contributed by atoms with Gasteiger partial charge in [0.25, 0.3) is 0 Å². The standard InChI is InChI=1S/C12H21N3O6/c16-10(17)2-1-9(11(18)19)14-12(20)13-3-4-15-5-7-21-8-6-15/h9H,1-8H2,(H,16,17)(H,18,19)(H2,13,14,20). The lowest BCUT2D eigenvalue weighted by atomic mass is 10.1. The number of nitrogens with one attached hydrogen (secondary N) is 2. The number of aliphatic carboxylic acids is 2. The van der Waals surface area contributed by atoms with Crippen molar-refractivity contribution in [2.24, 2.45) is 0 Å². The molecule has 4 N–H and O–H groups in total. The van der Waals surface area contributed by atoms with E-state index >= 15 is 0 Å². The molecular weight excluding hydrogens is 282 g/mol. The van der Waals surface area contributed by atoms with Crippen LogP contribution in [0.2, 0.25) is 0 Å². The first-order valence-electron chi connectivity index (χ1n) is 6.78. The average Bonchev–Trinajstić information content (AvgIpc) is 2.44. The van der Waals surface area contributed by atoms with Crippen LogP contribution in [-0.4, -0.2) is 78.5 Å². The van der Waals surface area contributed by atoms with Crippen LogP contribution in [0.4, 0.5) is 4.79 Å². The molecule has 1 atom stereocenters. The van der Waals surface area contributed by atoms with Crippen molar-refractivity contribution in [3.05, 3.63) is 0 Å². The van der Waals surface area contributed by atoms with Gasteiger partial charge in [0.1, 0.15) is 6.04 Å². The Hall–Kier alpha value is -1.87. The zero-order valence-electron chi connectivity index (χ0n) is 11.7. The molecule has 0 spiro atoms. The molecule has 1 unspecified atom stereocenters. The first-order chi connectivity index (χ1) is 9.99. The van der Waals surface area contributed by atoms with Gasteiger partial charge in [-0.2, -0.15) is 0 Å². The summed E-state index contributed by atoms with van der Waals surface area (Å²) in [5.41, 5.74) is 0. The fourth-order valence-electron chi connectivity index (χ4n) is 1.89. The first-order valence-corrected chi connectivity index (χ1v) is 6.78. The molecular formula is C12H21N3O6. The lowest BCUT2D eigenvalue weighted by Gasteiger charge is -2.26. The third-order valence-corrected chi connectivity index (χ3v) is 3.07. The smallest absolute Gasteiger partial charge is 0.326 e. The Labute approximate surface area is 122 Å². The highest BCUT2D eigenvalue weighted by molar-refractivity contribution is 5.82. The molecule has 1 fully saturated rings. The Bertz CT molecular complexity index is 370. The van der Waals surface area contributed by atoms with Crippen molar-refractivity contribution < 1.29 is 29.3 Å². The summed E-state index contributed by atoms with van der Waals surface area (Å²) in [5.74, 6) is -2.35. The van der Waals surface area contributed by atoms with Crippen LogP contribution >= 0.6 is 0 Å². The van der Waals surface area contributed by atoms with Crippen molar-refractivity contribution in [3.63, 3.8) is 0 Å². The van der Waals surface area contributed by atoms with Crippen LogP contribution in [0.25, 0.3) is 0 Å². The lowest BCUT2D eigenvalue weighted by molar-refractivity contribution is -0.140. The lowest BCUT2D eigenvalue weighted by Crippen LogP contribution is -2.48. The molecule has 1 rings (SSSR count). The van der Waals surface area contributed by atoms with E-state index in [1.165, 1.54) is 0 Å². The second-order valence-corrected chi connectivity index (χ2v) is 4.68. The summed E-state index contributed by atoms with van der Waals surface area (Å²) in [6, 6.07) is -1.81. The predicted octanol–water partition coefficient (Wildman–Crippen LogP) is -1.06. The van der Waals surface area contributed by atoms with Gasteiger partial charge in [0.2, 0.25) is 0 Å². The Kier molecular flexibility index (Phi) is 7.48. The summed E-state index contributed by atoms with van der Waals surface area (Å²) in [6.07, 6.45) is -0.466. The molecule has 1 aliphatic rings. The van der Waals surface area contributed by atoms with Gasteiger partial charge in [0.05, 0.1) is 13.2 Å². The molecule has 0 saturated carbocycles. The molecule has 120 valence electrons. The van der Waals surface area contributed by atoms with E-state index in [1.807, 2.05) is 0 Å². The molecule has 0 aliphatic carbocycles. The third kappa shape index (κ3) is 7.47. The second-order valence-electron chi connectivity index (χ2n) is 4.68. The summed E-state index contributed by atoms with van der Waals surface area (Å²) in [6.45, 7) is 3.99. The van der Waals surface area contributed by atoms with E-state index in [1.54, 1.807) is 0 Å². The topological polar surface area (TPSA) is 128 Å². The minimum Gasteiger partial charge on any atom is -0.481 e. The van der Waals surface area contributed by atoms with Gasteiger partial charge in [-0.1, -0.05) is 0 Å². The van der Waals surface area contributed by atoms with Gasteiger partial charge in [-0.25, -0.2) is 9.59 Å². The van der Waals surface area contributed by atoms with Crippen LogP contribution < -0.4 is 10.6 Å². The number of morpholine rings is 1. The zero-order valence-corrected chi connectivity index (χ0v) is 11.7. The maximum absolute atomic E-state index is 11.6. The fraction of sp³-hybridized carbons (Fsp3) is 0.750. The van der Waals surface area contributed by atoms with E-state index in [2.05, 4.69) is 15.5 Å². The number of carboxylic acid groups (broad SMARTS) is 2. The summed E-state index contributed by atoms with van der Waals surface area (Å²) < 4.78 is 5.20. The number of urea groups is 1. The van der Waals surface area contributed by atoms with E-state index in [4.69, 9.17) is 14.9 Å². The maximum atomic E-state index is 11.6. The molecule has 0 aromatic carbocycles. The number of carbonyl (C=O) groups excluding carboxylic acids is 1. The van der Waals surface area contributed by atoms with Gasteiger partial charge in [-0.3, -0.25) is 9.69 Å². The predicted molar refractivity (Wildman–Crippen MR) is 72.1 cm³/mol. The number of hydrogen-bond donors (Lipinski definition) is 4. The van der Waals surface area contributed by atoms with Crippen molar-refractivity contribution in [2.45, 2.75) is 18.9 Å². The summed E-state index contributed by atoms with van der Waals surface area (Å²) in [4.78, 5) is 35.0. The minimum atomic E-state index is -1.25. The van der Waals surface area contributed by atoms with Crippen molar-refractivity contribution in [2.75, 3.05) is 39.4 Å². The molecule has 2 amide bonds. The Morgan fingerprint density at radius 2 is 1.86 bits per heavy atom. The number of nitrogens with zero attached hydrogens (tertiary/aromatic N) is 1. The molecule has 1 saturated heterocycles. The van der Waals surface area contributed by atoms with Crippen molar-refractivity contribution in [1.82, 2.24) is 15.5 Å². The highest BCUT2D eigenvalue weighted by Crippen LogP contribution is 1.98.